The molecule has 0 spiro atoms. The fourth-order valence-electron chi connectivity index (χ4n) is 1.93. The Hall–Kier alpha value is -0.610. The van der Waals surface area contributed by atoms with Gasteiger partial charge in [0.1, 0.15) is 0 Å². The lowest BCUT2D eigenvalue weighted by Crippen LogP contribution is -2.50. The van der Waals surface area contributed by atoms with Crippen LogP contribution in [-0.4, -0.2) is 34.6 Å². The molecule has 2 atom stereocenters. The molecule has 0 aromatic rings. The predicted octanol–water partition coefficient (Wildman–Crippen LogP) is 4.00. The molecule has 0 aromatic heterocycles. The first kappa shape index (κ1) is 19.4. The smallest absolute Gasteiger partial charge is 0.201 e. The topological polar surface area (TPSA) is 57.3 Å². The minimum absolute atomic E-state index is 0.0482. The van der Waals surface area contributed by atoms with Crippen LogP contribution < -0.4 is 5.32 Å². The minimum Gasteiger partial charge on any atom is -0.656 e. The molecule has 0 rings (SSSR count). The van der Waals surface area contributed by atoms with Crippen molar-refractivity contribution in [3.63, 3.8) is 0 Å². The van der Waals surface area contributed by atoms with E-state index in [-0.39, 0.29) is 28.6 Å². The summed E-state index contributed by atoms with van der Waals surface area (Å²) < 4.78 is 0. The summed E-state index contributed by atoms with van der Waals surface area (Å²) in [5, 5.41) is 12.4. The van der Waals surface area contributed by atoms with E-state index in [1.54, 1.807) is 0 Å². The molecule has 0 saturated heterocycles. The number of nitrogens with zero attached hydrogens (tertiary/aromatic N) is 2. The van der Waals surface area contributed by atoms with Gasteiger partial charge in [-0.25, -0.2) is 0 Å². The second-order valence-corrected chi connectivity index (χ2v) is 8.52. The molecule has 0 saturated carbocycles. The van der Waals surface area contributed by atoms with Gasteiger partial charge < -0.3 is 16.0 Å². The van der Waals surface area contributed by atoms with Crippen molar-refractivity contribution in [2.75, 3.05) is 0 Å². The average Bonchev–Trinajstić information content (AvgIpc) is 2.06. The Balaban J connectivity index is 5.03. The summed E-state index contributed by atoms with van der Waals surface area (Å²) >= 11 is 0. The monoisotopic (exact) mass is 283 g/mol. The highest BCUT2D eigenvalue weighted by molar-refractivity contribution is 5.86. The van der Waals surface area contributed by atoms with Gasteiger partial charge in [-0.1, -0.05) is 54.5 Å². The van der Waals surface area contributed by atoms with Gasteiger partial charge in [0.05, 0.1) is 0 Å². The normalized spacial score (nSPS) is 16.7. The molecule has 0 radical (unpaired) electrons. The number of hydrogen-bond acceptors (Lipinski definition) is 1. The van der Waals surface area contributed by atoms with Crippen LogP contribution in [0.5, 0.6) is 0 Å². The Morgan fingerprint density at radius 3 is 1.55 bits per heavy atom. The second kappa shape index (κ2) is 6.44. The maximum atomic E-state index is 12.5. The van der Waals surface area contributed by atoms with Gasteiger partial charge in [-0.2, -0.15) is 0 Å². The number of nitrogens with one attached hydrogen (secondary N) is 1. The van der Waals surface area contributed by atoms with Crippen molar-refractivity contribution in [1.29, 1.82) is 0 Å². The summed E-state index contributed by atoms with van der Waals surface area (Å²) in [4.78, 5) is 12.5. The van der Waals surface area contributed by atoms with Crippen molar-refractivity contribution in [3.05, 3.63) is 10.6 Å². The van der Waals surface area contributed by atoms with E-state index in [2.05, 4.69) is 10.6 Å². The van der Waals surface area contributed by atoms with E-state index < -0.39 is 6.04 Å². The lowest BCUT2D eigenvalue weighted by atomic mass is 9.98. The molecule has 20 heavy (non-hydrogen) atoms. The van der Waals surface area contributed by atoms with Crippen LogP contribution >= 0.6 is 0 Å². The van der Waals surface area contributed by atoms with Crippen molar-refractivity contribution in [2.24, 2.45) is 0 Å². The Bertz CT molecular complexity index is 318. The van der Waals surface area contributed by atoms with Gasteiger partial charge in [0.2, 0.25) is 5.91 Å². The van der Waals surface area contributed by atoms with E-state index in [1.165, 1.54) is 0 Å². The molecule has 0 heterocycles. The van der Waals surface area contributed by atoms with Crippen molar-refractivity contribution >= 4 is 5.91 Å². The molecule has 4 nitrogen and oxygen atoms in total. The Labute approximate surface area is 125 Å². The largest absolute Gasteiger partial charge is 0.656 e. The highest BCUT2D eigenvalue weighted by atomic mass is 16.2. The van der Waals surface area contributed by atoms with E-state index >= 15 is 0 Å². The molecule has 0 aliphatic rings. The lowest BCUT2D eigenvalue weighted by Gasteiger charge is -2.54. The minimum atomic E-state index is -0.451. The fourth-order valence-corrected chi connectivity index (χ4v) is 1.93. The molecular weight excluding hydrogens is 250 g/mol. The maximum absolute atomic E-state index is 12.5. The zero-order valence-corrected chi connectivity index (χ0v) is 15.0. The third kappa shape index (κ3) is 9.32. The van der Waals surface area contributed by atoms with Crippen LogP contribution in [0.1, 0.15) is 69.2 Å². The second-order valence-electron chi connectivity index (χ2n) is 8.52. The van der Waals surface area contributed by atoms with Crippen molar-refractivity contribution < 1.29 is 4.79 Å². The highest BCUT2D eigenvalue weighted by Crippen LogP contribution is 2.28. The summed E-state index contributed by atoms with van der Waals surface area (Å²) in [5.41, 5.74) is -0.696. The summed E-state index contributed by atoms with van der Waals surface area (Å²) in [6.07, 6.45) is 0. The first-order valence-electron chi connectivity index (χ1n) is 7.37. The van der Waals surface area contributed by atoms with Gasteiger partial charge >= 0.3 is 0 Å². The fraction of sp³-hybridized carbons (Fsp3) is 0.938. The zero-order chi connectivity index (χ0) is 16.4. The molecule has 0 aliphatic carbocycles. The molecule has 4 heteroatoms. The Morgan fingerprint density at radius 1 is 0.850 bits per heavy atom. The number of amides is 1. The average molecular weight is 283 g/mol. The SMILES string of the molecule is C[C@H]([N-]C(C)(C)C)[C@H]([N-]C(C)(C)C)C(=O)NC(C)(C)C. The van der Waals surface area contributed by atoms with Crippen LogP contribution in [0.15, 0.2) is 0 Å². The summed E-state index contributed by atoms with van der Waals surface area (Å²) in [7, 11) is 0. The van der Waals surface area contributed by atoms with Gasteiger partial charge in [0, 0.05) is 5.54 Å². The number of carbonyl (C=O) groups is 1. The Morgan fingerprint density at radius 2 is 1.25 bits per heavy atom. The third-order valence-corrected chi connectivity index (χ3v) is 2.34. The first-order valence-corrected chi connectivity index (χ1v) is 7.37. The van der Waals surface area contributed by atoms with Gasteiger partial charge in [-0.3, -0.25) is 4.79 Å². The molecule has 0 bridgehead atoms. The zero-order valence-electron chi connectivity index (χ0n) is 15.0. The molecule has 0 unspecified atom stereocenters. The molecule has 0 aliphatic heterocycles. The van der Waals surface area contributed by atoms with E-state index in [1.807, 2.05) is 69.2 Å². The van der Waals surface area contributed by atoms with Crippen LogP contribution in [0.3, 0.4) is 0 Å². The van der Waals surface area contributed by atoms with E-state index in [0.717, 1.165) is 0 Å². The van der Waals surface area contributed by atoms with E-state index in [0.29, 0.717) is 0 Å². The van der Waals surface area contributed by atoms with Gasteiger partial charge in [-0.15, -0.1) is 17.1 Å². The number of hydrogen-bond donors (Lipinski definition) is 1. The van der Waals surface area contributed by atoms with Crippen LogP contribution in [-0.2, 0) is 4.79 Å². The molecule has 0 fully saturated rings. The van der Waals surface area contributed by atoms with Crippen LogP contribution in [0.25, 0.3) is 10.6 Å². The molecule has 1 amide bonds. The summed E-state index contributed by atoms with van der Waals surface area (Å²) in [6, 6.07) is -0.593. The van der Waals surface area contributed by atoms with Crippen molar-refractivity contribution in [2.45, 2.75) is 97.9 Å². The highest BCUT2D eigenvalue weighted by Gasteiger charge is 2.20. The first-order chi connectivity index (χ1) is 8.61. The lowest BCUT2D eigenvalue weighted by molar-refractivity contribution is -0.123. The van der Waals surface area contributed by atoms with E-state index in [9.17, 15) is 4.79 Å². The van der Waals surface area contributed by atoms with Gasteiger partial charge in [0.15, 0.2) is 0 Å². The molecule has 120 valence electrons. The van der Waals surface area contributed by atoms with Gasteiger partial charge in [-0.05, 0) is 20.8 Å². The summed E-state index contributed by atoms with van der Waals surface area (Å²) in [5.74, 6) is -0.0482. The Kier molecular flexibility index (Phi) is 6.24. The van der Waals surface area contributed by atoms with Gasteiger partial charge in [0.25, 0.3) is 0 Å². The van der Waals surface area contributed by atoms with E-state index in [4.69, 9.17) is 5.32 Å². The predicted molar refractivity (Wildman–Crippen MR) is 87.4 cm³/mol. The standard InChI is InChI=1S/C16H33N3O/c1-11(17-14(2,3)4)12(18-15(5,6)7)13(20)19-16(8,9)10/h11-12H,1-10H3,(H,19,20)/q-2/t11-,12-/m0/s1. The molecular formula is C16H33N3O-2. The quantitative estimate of drug-likeness (QED) is 0.833. The third-order valence-electron chi connectivity index (χ3n) is 2.34. The molecule has 0 aromatic carbocycles. The maximum Gasteiger partial charge on any atom is 0.201 e. The van der Waals surface area contributed by atoms with Crippen LogP contribution in [0.2, 0.25) is 0 Å². The molecule has 1 N–H and O–H groups in total. The summed E-state index contributed by atoms with van der Waals surface area (Å²) in [6.45, 7) is 20.0. The van der Waals surface area contributed by atoms with Crippen molar-refractivity contribution in [3.8, 4) is 0 Å². The van der Waals surface area contributed by atoms with Crippen molar-refractivity contribution in [1.82, 2.24) is 5.32 Å². The number of rotatable bonds is 4. The number of carbonyl (C=O) groups excluding carboxylic acids is 1. The van der Waals surface area contributed by atoms with Crippen LogP contribution in [0.4, 0.5) is 0 Å². The van der Waals surface area contributed by atoms with Crippen LogP contribution in [0, 0.1) is 0 Å².